The lowest BCUT2D eigenvalue weighted by molar-refractivity contribution is -0.124. The van der Waals surface area contributed by atoms with Crippen molar-refractivity contribution in [1.82, 2.24) is 5.32 Å². The molecule has 0 aliphatic heterocycles. The van der Waals surface area contributed by atoms with Gasteiger partial charge < -0.3 is 11.1 Å². The molecule has 1 aliphatic rings. The fourth-order valence-electron chi connectivity index (χ4n) is 2.90. The molecule has 1 amide bonds. The molecule has 1 fully saturated rings. The van der Waals surface area contributed by atoms with E-state index in [1.165, 1.54) is 10.5 Å². The molecule has 0 spiro atoms. The van der Waals surface area contributed by atoms with Gasteiger partial charge in [-0.15, -0.1) is 11.8 Å². The van der Waals surface area contributed by atoms with Crippen LogP contribution in [-0.4, -0.2) is 23.7 Å². The van der Waals surface area contributed by atoms with E-state index in [9.17, 15) is 4.79 Å². The van der Waals surface area contributed by atoms with Crippen LogP contribution < -0.4 is 11.1 Å². The van der Waals surface area contributed by atoms with E-state index in [4.69, 9.17) is 5.73 Å². The minimum absolute atomic E-state index is 0.184. The summed E-state index contributed by atoms with van der Waals surface area (Å²) in [5, 5.41) is 3.58. The Morgan fingerprint density at radius 2 is 1.95 bits per heavy atom. The summed E-state index contributed by atoms with van der Waals surface area (Å²) in [6.45, 7) is 6.67. The van der Waals surface area contributed by atoms with Crippen molar-refractivity contribution in [3.63, 3.8) is 0 Å². The lowest BCUT2D eigenvalue weighted by Gasteiger charge is -2.24. The van der Waals surface area contributed by atoms with Crippen LogP contribution >= 0.6 is 11.8 Å². The van der Waals surface area contributed by atoms with Gasteiger partial charge in [0.15, 0.2) is 0 Å². The monoisotopic (exact) mass is 306 g/mol. The number of primary amides is 1. The van der Waals surface area contributed by atoms with E-state index in [0.717, 1.165) is 19.3 Å². The molecule has 1 aromatic carbocycles. The number of rotatable bonds is 4. The van der Waals surface area contributed by atoms with Crippen molar-refractivity contribution < 1.29 is 4.79 Å². The molecule has 0 heterocycles. The van der Waals surface area contributed by atoms with Gasteiger partial charge in [-0.25, -0.2) is 0 Å². The maximum atomic E-state index is 11.7. The number of likely N-dealkylation sites (N-methyl/N-ethyl adjacent to an activating group) is 1. The number of amides is 1. The summed E-state index contributed by atoms with van der Waals surface area (Å²) < 4.78 is 0. The molecule has 0 aromatic heterocycles. The standard InChI is InChI=1S/C17H26N2OS/c1-16(2,3)12-5-7-13(8-6-12)21-14-9-10-17(11-14,19-4)15(18)20/h5-8,14,19H,9-11H2,1-4H3,(H2,18,20). The number of carbonyl (C=O) groups excluding carboxylic acids is 1. The van der Waals surface area contributed by atoms with E-state index in [2.05, 4.69) is 50.4 Å². The van der Waals surface area contributed by atoms with E-state index in [1.807, 2.05) is 18.8 Å². The van der Waals surface area contributed by atoms with Gasteiger partial charge in [-0.1, -0.05) is 32.9 Å². The third-order valence-corrected chi connectivity index (χ3v) is 5.72. The van der Waals surface area contributed by atoms with Crippen LogP contribution in [0.4, 0.5) is 0 Å². The summed E-state index contributed by atoms with van der Waals surface area (Å²) in [5.74, 6) is -0.226. The molecule has 3 nitrogen and oxygen atoms in total. The molecule has 21 heavy (non-hydrogen) atoms. The van der Waals surface area contributed by atoms with Gasteiger partial charge in [0, 0.05) is 10.1 Å². The van der Waals surface area contributed by atoms with Gasteiger partial charge >= 0.3 is 0 Å². The van der Waals surface area contributed by atoms with E-state index in [0.29, 0.717) is 5.25 Å². The molecule has 1 saturated carbocycles. The van der Waals surface area contributed by atoms with E-state index >= 15 is 0 Å². The van der Waals surface area contributed by atoms with Gasteiger partial charge in [0.1, 0.15) is 0 Å². The van der Waals surface area contributed by atoms with Crippen LogP contribution in [0.1, 0.15) is 45.6 Å². The number of hydrogen-bond donors (Lipinski definition) is 2. The first-order chi connectivity index (χ1) is 9.77. The summed E-state index contributed by atoms with van der Waals surface area (Å²) in [5.41, 5.74) is 6.58. The van der Waals surface area contributed by atoms with Gasteiger partial charge in [-0.2, -0.15) is 0 Å². The average molecular weight is 306 g/mol. The van der Waals surface area contributed by atoms with Gasteiger partial charge in [-0.3, -0.25) is 4.79 Å². The predicted molar refractivity (Wildman–Crippen MR) is 89.6 cm³/mol. The maximum Gasteiger partial charge on any atom is 0.237 e. The maximum absolute atomic E-state index is 11.7. The molecule has 2 unspecified atom stereocenters. The molecule has 3 N–H and O–H groups in total. The second-order valence-corrected chi connectivity index (χ2v) is 8.33. The Morgan fingerprint density at radius 1 is 1.33 bits per heavy atom. The predicted octanol–water partition coefficient (Wildman–Crippen LogP) is 3.07. The number of hydrogen-bond acceptors (Lipinski definition) is 3. The molecule has 116 valence electrons. The highest BCUT2D eigenvalue weighted by molar-refractivity contribution is 8.00. The second-order valence-electron chi connectivity index (χ2n) is 6.95. The minimum Gasteiger partial charge on any atom is -0.368 e. The Morgan fingerprint density at radius 3 is 2.38 bits per heavy atom. The summed E-state index contributed by atoms with van der Waals surface area (Å²) >= 11 is 1.86. The van der Waals surface area contributed by atoms with Crippen LogP contribution in [0.15, 0.2) is 29.2 Å². The SMILES string of the molecule is CNC1(C(N)=O)CCC(Sc2ccc(C(C)(C)C)cc2)C1. The molecular weight excluding hydrogens is 280 g/mol. The number of benzene rings is 1. The number of thioether (sulfide) groups is 1. The van der Waals surface area contributed by atoms with Crippen molar-refractivity contribution in [2.45, 2.75) is 61.1 Å². The highest BCUT2D eigenvalue weighted by atomic mass is 32.2. The van der Waals surface area contributed by atoms with Gasteiger partial charge in [-0.05, 0) is 49.4 Å². The highest BCUT2D eigenvalue weighted by Crippen LogP contribution is 2.40. The fourth-order valence-corrected chi connectivity index (χ4v) is 4.18. The number of carbonyl (C=O) groups is 1. The smallest absolute Gasteiger partial charge is 0.237 e. The first-order valence-corrected chi connectivity index (χ1v) is 8.41. The van der Waals surface area contributed by atoms with Crippen LogP contribution in [0.25, 0.3) is 0 Å². The highest BCUT2D eigenvalue weighted by Gasteiger charge is 2.43. The summed E-state index contributed by atoms with van der Waals surface area (Å²) in [6, 6.07) is 8.79. The fraction of sp³-hybridized carbons (Fsp3) is 0.588. The third kappa shape index (κ3) is 3.61. The van der Waals surface area contributed by atoms with Crippen LogP contribution in [0.5, 0.6) is 0 Å². The third-order valence-electron chi connectivity index (χ3n) is 4.44. The molecule has 2 rings (SSSR count). The zero-order chi connectivity index (χ0) is 15.7. The first-order valence-electron chi connectivity index (χ1n) is 7.53. The summed E-state index contributed by atoms with van der Waals surface area (Å²) in [7, 11) is 1.83. The van der Waals surface area contributed by atoms with Gasteiger partial charge in [0.2, 0.25) is 5.91 Å². The summed E-state index contributed by atoms with van der Waals surface area (Å²) in [6.07, 6.45) is 2.66. The number of nitrogens with two attached hydrogens (primary N) is 1. The van der Waals surface area contributed by atoms with Crippen molar-refractivity contribution in [3.05, 3.63) is 29.8 Å². The molecule has 1 aromatic rings. The second kappa shape index (κ2) is 6.01. The summed E-state index contributed by atoms with van der Waals surface area (Å²) in [4.78, 5) is 12.9. The lowest BCUT2D eigenvalue weighted by atomic mass is 9.87. The van der Waals surface area contributed by atoms with Gasteiger partial charge in [0.05, 0.1) is 5.54 Å². The Bertz CT molecular complexity index is 507. The van der Waals surface area contributed by atoms with Crippen LogP contribution in [0, 0.1) is 0 Å². The Labute approximate surface area is 132 Å². The van der Waals surface area contributed by atoms with Crippen LogP contribution in [-0.2, 0) is 10.2 Å². The van der Waals surface area contributed by atoms with Crippen molar-refractivity contribution in [2.75, 3.05) is 7.05 Å². The van der Waals surface area contributed by atoms with Crippen molar-refractivity contribution in [1.29, 1.82) is 0 Å². The normalized spacial score (nSPS) is 26.0. The van der Waals surface area contributed by atoms with Crippen molar-refractivity contribution in [2.24, 2.45) is 5.73 Å². The minimum atomic E-state index is -0.511. The van der Waals surface area contributed by atoms with E-state index < -0.39 is 5.54 Å². The van der Waals surface area contributed by atoms with Gasteiger partial charge in [0.25, 0.3) is 0 Å². The zero-order valence-corrected chi connectivity index (χ0v) is 14.2. The zero-order valence-electron chi connectivity index (χ0n) is 13.4. The van der Waals surface area contributed by atoms with E-state index in [-0.39, 0.29) is 11.3 Å². The topological polar surface area (TPSA) is 55.1 Å². The van der Waals surface area contributed by atoms with E-state index in [1.54, 1.807) is 0 Å². The van der Waals surface area contributed by atoms with Crippen LogP contribution in [0.3, 0.4) is 0 Å². The Hall–Kier alpha value is -1.00. The number of nitrogens with one attached hydrogen (secondary N) is 1. The molecule has 2 atom stereocenters. The average Bonchev–Trinajstić information content (AvgIpc) is 2.83. The molecule has 0 bridgehead atoms. The molecular formula is C17H26N2OS. The molecule has 0 radical (unpaired) electrons. The van der Waals surface area contributed by atoms with Crippen LogP contribution in [0.2, 0.25) is 0 Å². The Kier molecular flexibility index (Phi) is 4.69. The molecule has 0 saturated heterocycles. The lowest BCUT2D eigenvalue weighted by Crippen LogP contribution is -2.52. The first kappa shape index (κ1) is 16.4. The molecule has 4 heteroatoms. The van der Waals surface area contributed by atoms with Crippen molar-refractivity contribution >= 4 is 17.7 Å². The van der Waals surface area contributed by atoms with Crippen molar-refractivity contribution in [3.8, 4) is 0 Å². The molecule has 1 aliphatic carbocycles. The largest absolute Gasteiger partial charge is 0.368 e. The quantitative estimate of drug-likeness (QED) is 0.899. The Balaban J connectivity index is 2.02.